The van der Waals surface area contributed by atoms with Gasteiger partial charge in [-0.05, 0) is 43.5 Å². The Morgan fingerprint density at radius 1 is 1.30 bits per heavy atom. The van der Waals surface area contributed by atoms with Crippen molar-refractivity contribution in [3.8, 4) is 0 Å². The maximum Gasteiger partial charge on any atom is 0.409 e. The predicted octanol–water partition coefficient (Wildman–Crippen LogP) is 6.64. The summed E-state index contributed by atoms with van der Waals surface area (Å²) >= 11 is 8.80. The van der Waals surface area contributed by atoms with Crippen molar-refractivity contribution in [1.82, 2.24) is 9.88 Å². The normalized spacial score (nSPS) is 15.0. The molecule has 0 N–H and O–H groups in total. The summed E-state index contributed by atoms with van der Waals surface area (Å²) in [5.74, 6) is 0.330. The summed E-state index contributed by atoms with van der Waals surface area (Å²) in [5, 5.41) is 4.32. The molecule has 0 saturated carbocycles. The Kier molecular flexibility index (Phi) is 6.88. The van der Waals surface area contributed by atoms with E-state index in [-0.39, 0.29) is 6.09 Å². The van der Waals surface area contributed by atoms with Gasteiger partial charge >= 0.3 is 6.09 Å². The standard InChI is InChI=1S/C24H25ClIN2O2/c1-2-30-24(29)28-12-8-16(9-13-28)22-20-6-5-19(25)15-18(20)14-17(7-10-26)21-4-3-11-27-23(21)22/h3-6,11,14-16H,2,7-10,12-13H2,1H3/q+1. The number of halogens is 2. The molecule has 0 aliphatic carbocycles. The minimum Gasteiger partial charge on any atom is -0.450 e. The van der Waals surface area contributed by atoms with Crippen molar-refractivity contribution < 1.29 is 9.53 Å². The zero-order valence-corrected chi connectivity index (χ0v) is 19.9. The maximum atomic E-state index is 12.1. The van der Waals surface area contributed by atoms with Crippen LogP contribution in [0.5, 0.6) is 0 Å². The topological polar surface area (TPSA) is 42.4 Å². The molecule has 0 bridgehead atoms. The van der Waals surface area contributed by atoms with Gasteiger partial charge in [0.05, 0.1) is 22.9 Å². The summed E-state index contributed by atoms with van der Waals surface area (Å²) in [6.07, 6.45) is 4.45. The largest absolute Gasteiger partial charge is 0.450 e. The van der Waals surface area contributed by atoms with Crippen molar-refractivity contribution in [3.63, 3.8) is 0 Å². The molecule has 1 aliphatic heterocycles. The first-order valence-electron chi connectivity index (χ1n) is 10.4. The van der Waals surface area contributed by atoms with Crippen LogP contribution in [-0.2, 0) is 11.2 Å². The molecule has 30 heavy (non-hydrogen) atoms. The highest BCUT2D eigenvalue weighted by atomic mass is 127. The van der Waals surface area contributed by atoms with Crippen molar-refractivity contribution >= 4 is 62.0 Å². The first kappa shape index (κ1) is 21.5. The molecule has 1 fully saturated rings. The van der Waals surface area contributed by atoms with Crippen LogP contribution >= 0.6 is 34.2 Å². The van der Waals surface area contributed by atoms with E-state index in [0.29, 0.717) is 25.6 Å². The van der Waals surface area contributed by atoms with E-state index >= 15 is 0 Å². The van der Waals surface area contributed by atoms with Crippen LogP contribution in [0.15, 0.2) is 42.6 Å². The van der Waals surface area contributed by atoms with E-state index in [1.165, 1.54) is 21.9 Å². The molecule has 1 saturated heterocycles. The highest BCUT2D eigenvalue weighted by Crippen LogP contribution is 2.38. The number of likely N-dealkylation sites (tertiary alicyclic amines) is 1. The quantitative estimate of drug-likeness (QED) is 0.214. The Bertz CT molecular complexity index is 1090. The Balaban J connectivity index is 1.86. The van der Waals surface area contributed by atoms with Crippen LogP contribution in [0.1, 0.15) is 36.8 Å². The molecule has 0 radical (unpaired) electrons. The molecule has 4 nitrogen and oxygen atoms in total. The van der Waals surface area contributed by atoms with Crippen LogP contribution in [0, 0.1) is 0 Å². The SMILES string of the molecule is CCOC(=O)N1CCC(c2c3ncccc3c(CCI)c[c+]3cc(Cl)ccc23)CC1. The fourth-order valence-electron chi connectivity index (χ4n) is 4.46. The summed E-state index contributed by atoms with van der Waals surface area (Å²) in [6, 6.07) is 12.6. The van der Waals surface area contributed by atoms with Gasteiger partial charge in [-0.3, -0.25) is 0 Å². The molecule has 0 unspecified atom stereocenters. The first-order chi connectivity index (χ1) is 14.6. The fraction of sp³-hybridized carbons (Fsp3) is 0.375. The summed E-state index contributed by atoms with van der Waals surface area (Å²) < 4.78 is 6.24. The van der Waals surface area contributed by atoms with Crippen molar-refractivity contribution in [2.24, 2.45) is 0 Å². The Morgan fingerprint density at radius 2 is 2.10 bits per heavy atom. The predicted molar refractivity (Wildman–Crippen MR) is 132 cm³/mol. The van der Waals surface area contributed by atoms with Crippen LogP contribution < -0.4 is 0 Å². The number of carbonyl (C=O) groups is 1. The molecule has 0 spiro atoms. The molecule has 0 atom stereocenters. The summed E-state index contributed by atoms with van der Waals surface area (Å²) in [5.41, 5.74) is 3.65. The molecule has 156 valence electrons. The van der Waals surface area contributed by atoms with Gasteiger partial charge in [0, 0.05) is 71.3 Å². The fourth-order valence-corrected chi connectivity index (χ4v) is 5.22. The van der Waals surface area contributed by atoms with E-state index in [1.54, 1.807) is 0 Å². The van der Waals surface area contributed by atoms with Gasteiger partial charge in [-0.25, -0.2) is 9.78 Å². The number of hydrogen-bond donors (Lipinski definition) is 0. The number of benzene rings is 1. The number of hydrogen-bond acceptors (Lipinski definition) is 3. The summed E-state index contributed by atoms with van der Waals surface area (Å²) in [6.45, 7) is 3.65. The van der Waals surface area contributed by atoms with Gasteiger partial charge in [0.15, 0.2) is 0 Å². The minimum absolute atomic E-state index is 0.210. The number of aromatic nitrogens is 1. The molecule has 1 amide bonds. The number of piperidine rings is 1. The smallest absolute Gasteiger partial charge is 0.409 e. The number of nitrogens with zero attached hydrogens (tertiary/aromatic N) is 2. The third-order valence-electron chi connectivity index (χ3n) is 5.84. The minimum atomic E-state index is -0.210. The molecule has 3 aromatic rings. The van der Waals surface area contributed by atoms with Crippen LogP contribution in [0.25, 0.3) is 21.7 Å². The lowest BCUT2D eigenvalue weighted by molar-refractivity contribution is 0.0972. The number of aryl methyl sites for hydroxylation is 1. The summed E-state index contributed by atoms with van der Waals surface area (Å²) in [4.78, 5) is 18.8. The van der Waals surface area contributed by atoms with Crippen molar-refractivity contribution in [2.75, 3.05) is 24.1 Å². The van der Waals surface area contributed by atoms with Crippen LogP contribution in [0.4, 0.5) is 4.79 Å². The molecule has 2 aromatic carbocycles. The number of fused-ring (bicyclic) bond motifs is 2. The lowest BCUT2D eigenvalue weighted by atomic mass is 9.86. The molecule has 1 aromatic heterocycles. The molecule has 1 aliphatic rings. The highest BCUT2D eigenvalue weighted by Gasteiger charge is 2.29. The zero-order valence-electron chi connectivity index (χ0n) is 17.0. The van der Waals surface area contributed by atoms with Crippen LogP contribution in [0.2, 0.25) is 5.02 Å². The second kappa shape index (κ2) is 9.60. The lowest BCUT2D eigenvalue weighted by Crippen LogP contribution is -2.38. The average molecular weight is 536 g/mol. The first-order valence-corrected chi connectivity index (χ1v) is 12.3. The average Bonchev–Trinajstić information content (AvgIpc) is 2.89. The van der Waals surface area contributed by atoms with Crippen molar-refractivity contribution in [1.29, 1.82) is 0 Å². The molecule has 4 rings (SSSR count). The third-order valence-corrected chi connectivity index (χ3v) is 6.61. The third kappa shape index (κ3) is 4.33. The van der Waals surface area contributed by atoms with Crippen LogP contribution in [0.3, 0.4) is 0 Å². The number of amides is 1. The number of ether oxygens (including phenoxy) is 1. The lowest BCUT2D eigenvalue weighted by Gasteiger charge is -2.30. The van der Waals surface area contributed by atoms with Crippen LogP contribution in [-0.4, -0.2) is 40.1 Å². The summed E-state index contributed by atoms with van der Waals surface area (Å²) in [7, 11) is 0. The number of pyridine rings is 1. The molecular formula is C24H25ClIN2O2+. The Hall–Kier alpha value is -1.73. The number of carbonyl (C=O) groups excluding carboxylic acids is 1. The molecule has 6 heteroatoms. The van der Waals surface area contributed by atoms with Crippen molar-refractivity contribution in [3.05, 3.63) is 58.7 Å². The van der Waals surface area contributed by atoms with Gasteiger partial charge in [-0.1, -0.05) is 22.6 Å². The second-order valence-corrected chi connectivity index (χ2v) is 9.13. The van der Waals surface area contributed by atoms with E-state index in [9.17, 15) is 4.79 Å². The highest BCUT2D eigenvalue weighted by molar-refractivity contribution is 14.1. The van der Waals surface area contributed by atoms with E-state index in [1.807, 2.05) is 30.2 Å². The van der Waals surface area contributed by atoms with E-state index in [2.05, 4.69) is 46.9 Å². The van der Waals surface area contributed by atoms with Gasteiger partial charge < -0.3 is 9.64 Å². The monoisotopic (exact) mass is 535 g/mol. The molecule has 2 heterocycles. The Labute approximate surface area is 195 Å². The van der Waals surface area contributed by atoms with E-state index < -0.39 is 0 Å². The van der Waals surface area contributed by atoms with E-state index in [4.69, 9.17) is 21.3 Å². The van der Waals surface area contributed by atoms with Gasteiger partial charge in [0.25, 0.3) is 0 Å². The molecular weight excluding hydrogens is 511 g/mol. The van der Waals surface area contributed by atoms with Gasteiger partial charge in [-0.15, -0.1) is 0 Å². The zero-order chi connectivity index (χ0) is 21.1. The maximum absolute atomic E-state index is 12.1. The number of alkyl halides is 1. The second-order valence-electron chi connectivity index (χ2n) is 7.61. The van der Waals surface area contributed by atoms with Gasteiger partial charge in [0.1, 0.15) is 10.5 Å². The van der Waals surface area contributed by atoms with Gasteiger partial charge in [-0.2, -0.15) is 0 Å². The van der Waals surface area contributed by atoms with Gasteiger partial charge in [0.2, 0.25) is 0 Å². The van der Waals surface area contributed by atoms with Crippen molar-refractivity contribution in [2.45, 2.75) is 32.1 Å². The Morgan fingerprint density at radius 3 is 2.83 bits per heavy atom. The van der Waals surface area contributed by atoms with E-state index in [0.717, 1.165) is 39.6 Å². The number of rotatable bonds is 4.